The lowest BCUT2D eigenvalue weighted by Crippen LogP contribution is -2.39. The highest BCUT2D eigenvalue weighted by Crippen LogP contribution is 2.28. The summed E-state index contributed by atoms with van der Waals surface area (Å²) in [5, 5.41) is 6.38. The Kier molecular flexibility index (Phi) is 8.74. The van der Waals surface area contributed by atoms with Crippen LogP contribution < -0.4 is 15.8 Å². The molecule has 0 saturated carbocycles. The molecule has 2 aromatic rings. The molecule has 0 bridgehead atoms. The molecule has 0 radical (unpaired) electrons. The number of hydrogen-bond donors (Lipinski definition) is 1. The molecule has 2 nitrogen and oxygen atoms in total. The number of piperidine rings is 1. The molecular weight excluding hydrogens is 424 g/mol. The summed E-state index contributed by atoms with van der Waals surface area (Å²) in [6, 6.07) is 18.5. The number of hydrogen-bond acceptors (Lipinski definition) is 2. The fourth-order valence-corrected chi connectivity index (χ4v) is 5.41. The molecule has 2 heterocycles. The Bertz CT molecular complexity index is 1230. The summed E-state index contributed by atoms with van der Waals surface area (Å²) in [6.07, 6.45) is 19.6. The molecule has 0 aromatic heterocycles. The largest absolute Gasteiger partial charge is 0.294 e. The highest BCUT2D eigenvalue weighted by atomic mass is 15.3. The Hall–Kier alpha value is -2.94. The maximum absolute atomic E-state index is 3.86. The molecule has 182 valence electrons. The van der Waals surface area contributed by atoms with E-state index in [1.165, 1.54) is 64.1 Å². The number of rotatable bonds is 6. The maximum Gasteiger partial charge on any atom is 0.0602 e. The van der Waals surface area contributed by atoms with Crippen LogP contribution in [0.1, 0.15) is 64.1 Å². The summed E-state index contributed by atoms with van der Waals surface area (Å²) >= 11 is 0. The fraction of sp³-hybridized carbons (Fsp3) is 0.333. The van der Waals surface area contributed by atoms with E-state index in [2.05, 4.69) is 129 Å². The Morgan fingerprint density at radius 2 is 1.63 bits per heavy atom. The molecule has 0 spiro atoms. The molecule has 2 aromatic carbocycles. The van der Waals surface area contributed by atoms with E-state index in [9.17, 15) is 0 Å². The van der Waals surface area contributed by atoms with Crippen molar-refractivity contribution in [2.24, 2.45) is 0 Å². The molecule has 35 heavy (non-hydrogen) atoms. The summed E-state index contributed by atoms with van der Waals surface area (Å²) in [6.45, 7) is 10.8. The monoisotopic (exact) mass is 464 g/mol. The van der Waals surface area contributed by atoms with E-state index in [1.54, 1.807) is 0 Å². The quantitative estimate of drug-likeness (QED) is 0.515. The van der Waals surface area contributed by atoms with Crippen molar-refractivity contribution in [2.75, 3.05) is 13.1 Å². The Morgan fingerprint density at radius 3 is 2.31 bits per heavy atom. The van der Waals surface area contributed by atoms with E-state index in [4.69, 9.17) is 0 Å². The van der Waals surface area contributed by atoms with Gasteiger partial charge in [-0.15, -0.1) is 0 Å². The summed E-state index contributed by atoms with van der Waals surface area (Å²) in [5.41, 5.74) is 6.42. The lowest BCUT2D eigenvalue weighted by atomic mass is 9.95. The van der Waals surface area contributed by atoms with Crippen molar-refractivity contribution in [3.8, 4) is 0 Å². The van der Waals surface area contributed by atoms with Crippen LogP contribution in [0.25, 0.3) is 11.1 Å². The minimum Gasteiger partial charge on any atom is -0.294 e. The zero-order chi connectivity index (χ0) is 24.6. The standard InChI is InChI=1S/C33H40N2/c1-5-8-15-25(4)28(13-6-2)30-16-9-10-17-31(30)29(14-7-3)26-19-21-27(22-20-26)32-24-35-23-12-11-18-33(35)34-32/h5-10,13-17,19-22,32-34H,11-12,18,23-24H2,1-4H3. The van der Waals surface area contributed by atoms with Crippen molar-refractivity contribution in [1.29, 1.82) is 0 Å². The van der Waals surface area contributed by atoms with Gasteiger partial charge in [-0.3, -0.25) is 10.2 Å². The molecular formula is C33H40N2. The predicted octanol–water partition coefficient (Wildman–Crippen LogP) is 6.17. The highest BCUT2D eigenvalue weighted by molar-refractivity contribution is 5.77. The van der Waals surface area contributed by atoms with E-state index in [0.717, 1.165) is 6.54 Å². The van der Waals surface area contributed by atoms with Gasteiger partial charge in [0.05, 0.1) is 6.17 Å². The summed E-state index contributed by atoms with van der Waals surface area (Å²) in [7, 11) is 0. The minimum atomic E-state index is 0.429. The van der Waals surface area contributed by atoms with Gasteiger partial charge < -0.3 is 0 Å². The third-order valence-electron chi connectivity index (χ3n) is 7.19. The lowest BCUT2D eigenvalue weighted by molar-refractivity contribution is 0.186. The zero-order valence-electron chi connectivity index (χ0n) is 21.8. The molecule has 0 aliphatic carbocycles. The first-order chi connectivity index (χ1) is 17.2. The molecule has 2 aliphatic rings. The first-order valence-corrected chi connectivity index (χ1v) is 13.2. The second-order valence-electron chi connectivity index (χ2n) is 9.60. The summed E-state index contributed by atoms with van der Waals surface area (Å²) < 4.78 is 0. The topological polar surface area (TPSA) is 15.3 Å². The van der Waals surface area contributed by atoms with Crippen LogP contribution in [0.2, 0.25) is 0 Å². The Morgan fingerprint density at radius 1 is 0.886 bits per heavy atom. The van der Waals surface area contributed by atoms with Gasteiger partial charge in [0.25, 0.3) is 0 Å². The van der Waals surface area contributed by atoms with Gasteiger partial charge in [-0.05, 0) is 91.8 Å². The van der Waals surface area contributed by atoms with Gasteiger partial charge in [0.1, 0.15) is 0 Å². The number of nitrogens with one attached hydrogen (secondary N) is 1. The van der Waals surface area contributed by atoms with Crippen LogP contribution in [0.4, 0.5) is 0 Å². The van der Waals surface area contributed by atoms with Crippen LogP contribution in [-0.2, 0) is 0 Å². The second-order valence-corrected chi connectivity index (χ2v) is 9.60. The van der Waals surface area contributed by atoms with Gasteiger partial charge >= 0.3 is 0 Å². The van der Waals surface area contributed by atoms with Crippen molar-refractivity contribution in [2.45, 2.75) is 59.2 Å². The molecule has 2 heteroatoms. The van der Waals surface area contributed by atoms with Gasteiger partial charge in [-0.25, -0.2) is 0 Å². The van der Waals surface area contributed by atoms with Crippen LogP contribution in [0.5, 0.6) is 0 Å². The van der Waals surface area contributed by atoms with Crippen LogP contribution in [0, 0.1) is 0 Å². The van der Waals surface area contributed by atoms with Crippen LogP contribution in [0.3, 0.4) is 0 Å². The average molecular weight is 465 g/mol. The van der Waals surface area contributed by atoms with E-state index >= 15 is 0 Å². The van der Waals surface area contributed by atoms with Crippen molar-refractivity contribution < 1.29 is 0 Å². The van der Waals surface area contributed by atoms with Crippen LogP contribution >= 0.6 is 0 Å². The van der Waals surface area contributed by atoms with E-state index < -0.39 is 0 Å². The average Bonchev–Trinajstić information content (AvgIpc) is 3.34. The third-order valence-corrected chi connectivity index (χ3v) is 7.19. The van der Waals surface area contributed by atoms with Gasteiger partial charge in [0, 0.05) is 12.6 Å². The third kappa shape index (κ3) is 5.83. The zero-order valence-corrected chi connectivity index (χ0v) is 21.8. The molecule has 2 fully saturated rings. The fourth-order valence-electron chi connectivity index (χ4n) is 5.41. The van der Waals surface area contributed by atoms with Crippen LogP contribution in [0.15, 0.2) is 96.6 Å². The minimum absolute atomic E-state index is 0.429. The molecule has 2 atom stereocenters. The molecule has 2 aliphatic heterocycles. The normalized spacial score (nSPS) is 23.4. The number of fused-ring (bicyclic) bond motifs is 1. The first kappa shape index (κ1) is 25.2. The van der Waals surface area contributed by atoms with Gasteiger partial charge in [0.15, 0.2) is 0 Å². The smallest absolute Gasteiger partial charge is 0.0602 e. The van der Waals surface area contributed by atoms with Gasteiger partial charge in [0.2, 0.25) is 0 Å². The summed E-state index contributed by atoms with van der Waals surface area (Å²) in [4.78, 5) is 2.62. The van der Waals surface area contributed by atoms with Crippen molar-refractivity contribution in [3.05, 3.63) is 118 Å². The van der Waals surface area contributed by atoms with Gasteiger partial charge in [-0.2, -0.15) is 0 Å². The van der Waals surface area contributed by atoms with E-state index in [0.29, 0.717) is 12.2 Å². The first-order valence-electron chi connectivity index (χ1n) is 13.2. The highest BCUT2D eigenvalue weighted by Gasteiger charge is 2.33. The van der Waals surface area contributed by atoms with E-state index in [-0.39, 0.29) is 0 Å². The molecule has 0 amide bonds. The number of nitrogens with zero attached hydrogens (tertiary/aromatic N) is 1. The van der Waals surface area contributed by atoms with Gasteiger partial charge in [-0.1, -0.05) is 91.1 Å². The van der Waals surface area contributed by atoms with Crippen LogP contribution in [-0.4, -0.2) is 24.2 Å². The molecule has 4 rings (SSSR count). The Labute approximate surface area is 211 Å². The van der Waals surface area contributed by atoms with E-state index in [1.807, 2.05) is 0 Å². The van der Waals surface area contributed by atoms with Crippen molar-refractivity contribution in [3.63, 3.8) is 0 Å². The Balaban J connectivity index is 1.81. The SMILES string of the molecule is CC=CC=C(C)C(C=CC)=c1ccccc1=C(C=CC)c1ccc(C2CN3CCCCC3N2)cc1. The number of allylic oxidation sites excluding steroid dienone is 8. The van der Waals surface area contributed by atoms with Crippen molar-refractivity contribution >= 4 is 11.1 Å². The molecule has 2 saturated heterocycles. The lowest BCUT2D eigenvalue weighted by Gasteiger charge is -2.28. The van der Waals surface area contributed by atoms with Crippen molar-refractivity contribution in [1.82, 2.24) is 10.2 Å². The predicted molar refractivity (Wildman–Crippen MR) is 151 cm³/mol. The maximum atomic E-state index is 3.86. The summed E-state index contributed by atoms with van der Waals surface area (Å²) in [5.74, 6) is 0. The molecule has 2 unspecified atom stereocenters. The second kappa shape index (κ2) is 12.2. The number of benzene rings is 2. The molecule has 1 N–H and O–H groups in total.